The van der Waals surface area contributed by atoms with E-state index in [9.17, 15) is 4.79 Å². The molecule has 98 valence electrons. The SMILES string of the molecule is CNCc1cccc(Oc2ccnc(C(N)=O)c2)c1. The number of hydrogen-bond donors (Lipinski definition) is 2. The molecule has 3 N–H and O–H groups in total. The number of primary amides is 1. The Kier molecular flexibility index (Phi) is 4.10. The third kappa shape index (κ3) is 3.53. The van der Waals surface area contributed by atoms with E-state index in [4.69, 9.17) is 10.5 Å². The van der Waals surface area contributed by atoms with Crippen LogP contribution in [0, 0.1) is 0 Å². The molecule has 1 amide bonds. The average molecular weight is 257 g/mol. The topological polar surface area (TPSA) is 77.2 Å². The molecule has 2 rings (SSSR count). The molecule has 2 aromatic rings. The predicted molar refractivity (Wildman–Crippen MR) is 72.0 cm³/mol. The van der Waals surface area contributed by atoms with E-state index in [0.29, 0.717) is 11.5 Å². The number of pyridine rings is 1. The van der Waals surface area contributed by atoms with Crippen molar-refractivity contribution in [2.24, 2.45) is 5.73 Å². The Morgan fingerprint density at radius 3 is 2.84 bits per heavy atom. The lowest BCUT2D eigenvalue weighted by atomic mass is 10.2. The Bertz CT molecular complexity index is 584. The number of nitrogens with zero attached hydrogens (tertiary/aromatic N) is 1. The van der Waals surface area contributed by atoms with Gasteiger partial charge in [-0.1, -0.05) is 12.1 Å². The smallest absolute Gasteiger partial charge is 0.267 e. The number of carbonyl (C=O) groups excluding carboxylic acids is 1. The predicted octanol–water partition coefficient (Wildman–Crippen LogP) is 1.69. The normalized spacial score (nSPS) is 10.2. The van der Waals surface area contributed by atoms with Gasteiger partial charge in [0.25, 0.3) is 5.91 Å². The molecule has 0 fully saturated rings. The molecule has 0 aliphatic carbocycles. The van der Waals surface area contributed by atoms with Gasteiger partial charge in [-0.15, -0.1) is 0 Å². The van der Waals surface area contributed by atoms with Gasteiger partial charge in [0.2, 0.25) is 0 Å². The van der Waals surface area contributed by atoms with Gasteiger partial charge in [0.15, 0.2) is 0 Å². The molecule has 0 saturated heterocycles. The zero-order valence-corrected chi connectivity index (χ0v) is 10.6. The molecule has 1 heterocycles. The molecule has 19 heavy (non-hydrogen) atoms. The summed E-state index contributed by atoms with van der Waals surface area (Å²) in [6.45, 7) is 0.764. The number of carbonyl (C=O) groups is 1. The van der Waals surface area contributed by atoms with E-state index in [1.165, 1.54) is 12.3 Å². The summed E-state index contributed by atoms with van der Waals surface area (Å²) in [5.74, 6) is 0.661. The molecule has 0 saturated carbocycles. The van der Waals surface area contributed by atoms with Crippen LogP contribution in [0.4, 0.5) is 0 Å². The highest BCUT2D eigenvalue weighted by Crippen LogP contribution is 2.22. The fourth-order valence-corrected chi connectivity index (χ4v) is 1.67. The monoisotopic (exact) mass is 257 g/mol. The Morgan fingerprint density at radius 1 is 1.32 bits per heavy atom. The first-order chi connectivity index (χ1) is 9.19. The van der Waals surface area contributed by atoms with Gasteiger partial charge in [-0.3, -0.25) is 9.78 Å². The van der Waals surface area contributed by atoms with Crippen molar-refractivity contribution in [2.75, 3.05) is 7.05 Å². The van der Waals surface area contributed by atoms with Gasteiger partial charge >= 0.3 is 0 Å². The maximum atomic E-state index is 11.0. The minimum Gasteiger partial charge on any atom is -0.457 e. The quantitative estimate of drug-likeness (QED) is 0.854. The van der Waals surface area contributed by atoms with Crippen molar-refractivity contribution in [3.05, 3.63) is 53.9 Å². The molecule has 0 bridgehead atoms. The lowest BCUT2D eigenvalue weighted by molar-refractivity contribution is 0.0995. The molecule has 0 spiro atoms. The summed E-state index contributed by atoms with van der Waals surface area (Å²) < 4.78 is 5.68. The first kappa shape index (κ1) is 13.0. The summed E-state index contributed by atoms with van der Waals surface area (Å²) in [6, 6.07) is 10.9. The molecule has 0 radical (unpaired) electrons. The molecular weight excluding hydrogens is 242 g/mol. The first-order valence-corrected chi connectivity index (χ1v) is 5.86. The van der Waals surface area contributed by atoms with Crippen LogP contribution in [-0.2, 0) is 6.54 Å². The molecule has 0 unspecified atom stereocenters. The molecule has 1 aromatic heterocycles. The third-order valence-corrected chi connectivity index (χ3v) is 2.50. The van der Waals surface area contributed by atoms with Crippen LogP contribution in [0.2, 0.25) is 0 Å². The maximum absolute atomic E-state index is 11.0. The van der Waals surface area contributed by atoms with Crippen LogP contribution < -0.4 is 15.8 Å². The van der Waals surface area contributed by atoms with E-state index in [2.05, 4.69) is 10.3 Å². The van der Waals surface area contributed by atoms with Crippen molar-refractivity contribution in [1.29, 1.82) is 0 Å². The number of amides is 1. The fourth-order valence-electron chi connectivity index (χ4n) is 1.67. The summed E-state index contributed by atoms with van der Waals surface area (Å²) in [6.07, 6.45) is 1.49. The second-order valence-electron chi connectivity index (χ2n) is 4.02. The molecule has 0 atom stereocenters. The summed E-state index contributed by atoms with van der Waals surface area (Å²) in [5.41, 5.74) is 6.47. The van der Waals surface area contributed by atoms with Crippen LogP contribution >= 0.6 is 0 Å². The Morgan fingerprint density at radius 2 is 2.11 bits per heavy atom. The number of aromatic nitrogens is 1. The van der Waals surface area contributed by atoms with Gasteiger partial charge in [-0.05, 0) is 30.8 Å². The van der Waals surface area contributed by atoms with Crippen LogP contribution in [-0.4, -0.2) is 17.9 Å². The molecule has 0 aliphatic heterocycles. The number of rotatable bonds is 5. The minimum atomic E-state index is -0.575. The Labute approximate surface area is 111 Å². The maximum Gasteiger partial charge on any atom is 0.267 e. The van der Waals surface area contributed by atoms with Crippen molar-refractivity contribution >= 4 is 5.91 Å². The number of hydrogen-bond acceptors (Lipinski definition) is 4. The number of ether oxygens (including phenoxy) is 1. The zero-order chi connectivity index (χ0) is 13.7. The number of nitrogens with two attached hydrogens (primary N) is 1. The van der Waals surface area contributed by atoms with Crippen molar-refractivity contribution in [3.8, 4) is 11.5 Å². The molecule has 5 heteroatoms. The van der Waals surface area contributed by atoms with Crippen molar-refractivity contribution in [2.45, 2.75) is 6.54 Å². The van der Waals surface area contributed by atoms with E-state index in [-0.39, 0.29) is 5.69 Å². The average Bonchev–Trinajstić information content (AvgIpc) is 2.40. The highest BCUT2D eigenvalue weighted by molar-refractivity contribution is 5.91. The van der Waals surface area contributed by atoms with E-state index >= 15 is 0 Å². The standard InChI is InChI=1S/C14H15N3O2/c1-16-9-10-3-2-4-11(7-10)19-12-5-6-17-13(8-12)14(15)18/h2-8,16H,9H2,1H3,(H2,15,18). The molecule has 1 aromatic carbocycles. The van der Waals surface area contributed by atoms with Gasteiger partial charge in [0.1, 0.15) is 17.2 Å². The van der Waals surface area contributed by atoms with Crippen LogP contribution in [0.25, 0.3) is 0 Å². The van der Waals surface area contributed by atoms with Gasteiger partial charge in [0.05, 0.1) is 0 Å². The zero-order valence-electron chi connectivity index (χ0n) is 10.6. The fraction of sp³-hybridized carbons (Fsp3) is 0.143. The lowest BCUT2D eigenvalue weighted by Gasteiger charge is -2.08. The Balaban J connectivity index is 2.18. The molecular formula is C14H15N3O2. The van der Waals surface area contributed by atoms with E-state index in [1.807, 2.05) is 31.3 Å². The van der Waals surface area contributed by atoms with Gasteiger partial charge < -0.3 is 15.8 Å². The van der Waals surface area contributed by atoms with E-state index in [1.54, 1.807) is 6.07 Å². The number of nitrogens with one attached hydrogen (secondary N) is 1. The Hall–Kier alpha value is -2.40. The summed E-state index contributed by atoms with van der Waals surface area (Å²) in [4.78, 5) is 14.9. The van der Waals surface area contributed by atoms with Crippen LogP contribution in [0.3, 0.4) is 0 Å². The highest BCUT2D eigenvalue weighted by atomic mass is 16.5. The summed E-state index contributed by atoms with van der Waals surface area (Å²) >= 11 is 0. The first-order valence-electron chi connectivity index (χ1n) is 5.86. The van der Waals surface area contributed by atoms with Crippen LogP contribution in [0.1, 0.15) is 16.1 Å². The molecule has 0 aliphatic rings. The van der Waals surface area contributed by atoms with Crippen molar-refractivity contribution in [3.63, 3.8) is 0 Å². The summed E-state index contributed by atoms with van der Waals surface area (Å²) in [5, 5.41) is 3.07. The van der Waals surface area contributed by atoms with Gasteiger partial charge in [-0.25, -0.2) is 0 Å². The van der Waals surface area contributed by atoms with Crippen LogP contribution in [0.15, 0.2) is 42.6 Å². The second kappa shape index (κ2) is 5.97. The van der Waals surface area contributed by atoms with E-state index in [0.717, 1.165) is 12.1 Å². The highest BCUT2D eigenvalue weighted by Gasteiger charge is 2.05. The van der Waals surface area contributed by atoms with Crippen molar-refractivity contribution < 1.29 is 9.53 Å². The van der Waals surface area contributed by atoms with Gasteiger partial charge in [-0.2, -0.15) is 0 Å². The van der Waals surface area contributed by atoms with Crippen molar-refractivity contribution in [1.82, 2.24) is 10.3 Å². The lowest BCUT2D eigenvalue weighted by Crippen LogP contribution is -2.12. The number of benzene rings is 1. The minimum absolute atomic E-state index is 0.184. The summed E-state index contributed by atoms with van der Waals surface area (Å²) in [7, 11) is 1.88. The largest absolute Gasteiger partial charge is 0.457 e. The van der Waals surface area contributed by atoms with E-state index < -0.39 is 5.91 Å². The van der Waals surface area contributed by atoms with Gasteiger partial charge in [0, 0.05) is 18.8 Å². The molecule has 5 nitrogen and oxygen atoms in total. The third-order valence-electron chi connectivity index (χ3n) is 2.50. The second-order valence-corrected chi connectivity index (χ2v) is 4.02. The van der Waals surface area contributed by atoms with Crippen LogP contribution in [0.5, 0.6) is 11.5 Å².